The molecule has 0 bridgehead atoms. The normalized spacial score (nSPS) is 21.5. The van der Waals surface area contributed by atoms with Crippen LogP contribution in [-0.4, -0.2) is 11.5 Å². The van der Waals surface area contributed by atoms with Crippen LogP contribution in [0.5, 0.6) is 0 Å². The van der Waals surface area contributed by atoms with E-state index in [0.717, 1.165) is 29.2 Å². The Labute approximate surface area is 86.9 Å². The number of nitrogens with one attached hydrogen (secondary N) is 1. The van der Waals surface area contributed by atoms with Crippen molar-refractivity contribution in [1.82, 2.24) is 4.98 Å². The van der Waals surface area contributed by atoms with E-state index >= 15 is 0 Å². The van der Waals surface area contributed by atoms with Gasteiger partial charge in [0.1, 0.15) is 5.82 Å². The average Bonchev–Trinajstić information content (AvgIpc) is 2.29. The summed E-state index contributed by atoms with van der Waals surface area (Å²) in [4.78, 5) is 4.36. The summed E-state index contributed by atoms with van der Waals surface area (Å²) >= 11 is 3.44. The van der Waals surface area contributed by atoms with Gasteiger partial charge < -0.3 is 5.32 Å². The summed E-state index contributed by atoms with van der Waals surface area (Å²) < 4.78 is 1.07. The maximum Gasteiger partial charge on any atom is 0.129 e. The number of aryl methyl sites for hydroxylation is 1. The summed E-state index contributed by atoms with van der Waals surface area (Å²) in [5.41, 5.74) is 1.33. The zero-order valence-corrected chi connectivity index (χ0v) is 9.26. The fourth-order valence-corrected chi connectivity index (χ4v) is 1.98. The van der Waals surface area contributed by atoms with Gasteiger partial charge in [-0.15, -0.1) is 0 Å². The Morgan fingerprint density at radius 3 is 3.31 bits per heavy atom. The number of aromatic nitrogens is 1. The van der Waals surface area contributed by atoms with E-state index in [9.17, 15) is 0 Å². The van der Waals surface area contributed by atoms with Crippen molar-refractivity contribution >= 4 is 21.7 Å². The topological polar surface area (TPSA) is 24.9 Å². The Morgan fingerprint density at radius 1 is 1.62 bits per heavy atom. The van der Waals surface area contributed by atoms with Crippen LogP contribution in [0.4, 0.5) is 5.82 Å². The lowest BCUT2D eigenvalue weighted by Crippen LogP contribution is -2.09. The largest absolute Gasteiger partial charge is 0.370 e. The minimum absolute atomic E-state index is 0.743. The van der Waals surface area contributed by atoms with Crippen LogP contribution in [0.25, 0.3) is 0 Å². The summed E-state index contributed by atoms with van der Waals surface area (Å²) in [6.07, 6.45) is 4.23. The van der Waals surface area contributed by atoms with Crippen LogP contribution in [-0.2, 0) is 6.42 Å². The van der Waals surface area contributed by atoms with Crippen LogP contribution in [0.2, 0.25) is 0 Å². The fraction of sp³-hybridized carbons (Fsp3) is 0.500. The molecule has 1 atom stereocenters. The quantitative estimate of drug-likeness (QED) is 0.755. The predicted octanol–water partition coefficient (Wildman–Crippen LogP) is 2.84. The van der Waals surface area contributed by atoms with E-state index in [2.05, 4.69) is 39.2 Å². The number of hydrogen-bond donors (Lipinski definition) is 1. The van der Waals surface area contributed by atoms with Crippen LogP contribution in [0, 0.1) is 5.92 Å². The molecule has 2 nitrogen and oxygen atoms in total. The molecular weight excluding hydrogens is 228 g/mol. The average molecular weight is 241 g/mol. The second kappa shape index (κ2) is 3.66. The zero-order chi connectivity index (χ0) is 9.26. The highest BCUT2D eigenvalue weighted by atomic mass is 79.9. The second-order valence-electron chi connectivity index (χ2n) is 3.69. The molecule has 1 aromatic heterocycles. The molecule has 1 aliphatic heterocycles. The van der Waals surface area contributed by atoms with E-state index < -0.39 is 0 Å². The van der Waals surface area contributed by atoms with E-state index in [4.69, 9.17) is 0 Å². The van der Waals surface area contributed by atoms with Gasteiger partial charge >= 0.3 is 0 Å². The molecule has 2 heterocycles. The Bertz CT molecular complexity index is 312. The Balaban J connectivity index is 2.30. The Morgan fingerprint density at radius 2 is 2.46 bits per heavy atom. The van der Waals surface area contributed by atoms with Crippen molar-refractivity contribution in [2.24, 2.45) is 5.92 Å². The molecule has 0 aliphatic carbocycles. The fourth-order valence-electron chi connectivity index (χ4n) is 1.61. The molecular formula is C10H13BrN2. The number of anilines is 1. The van der Waals surface area contributed by atoms with Crippen molar-refractivity contribution in [3.63, 3.8) is 0 Å². The maximum atomic E-state index is 4.36. The summed E-state index contributed by atoms with van der Waals surface area (Å²) in [7, 11) is 0. The molecule has 13 heavy (non-hydrogen) atoms. The maximum absolute atomic E-state index is 4.36. The van der Waals surface area contributed by atoms with Gasteiger partial charge in [-0.3, -0.25) is 0 Å². The summed E-state index contributed by atoms with van der Waals surface area (Å²) in [6.45, 7) is 3.32. The number of rotatable bonds is 0. The smallest absolute Gasteiger partial charge is 0.129 e. The van der Waals surface area contributed by atoms with E-state index in [1.54, 1.807) is 0 Å². The molecule has 0 aromatic carbocycles. The van der Waals surface area contributed by atoms with E-state index in [1.807, 2.05) is 6.20 Å². The van der Waals surface area contributed by atoms with Crippen molar-refractivity contribution in [3.8, 4) is 0 Å². The minimum Gasteiger partial charge on any atom is -0.370 e. The molecule has 1 aromatic rings. The zero-order valence-electron chi connectivity index (χ0n) is 7.68. The molecule has 0 spiro atoms. The Hall–Kier alpha value is -0.570. The lowest BCUT2D eigenvalue weighted by Gasteiger charge is -2.06. The van der Waals surface area contributed by atoms with Gasteiger partial charge in [-0.05, 0) is 46.3 Å². The van der Waals surface area contributed by atoms with E-state index in [1.165, 1.54) is 12.0 Å². The van der Waals surface area contributed by atoms with Crippen LogP contribution in [0.1, 0.15) is 18.9 Å². The molecule has 1 aliphatic rings. The highest BCUT2D eigenvalue weighted by Crippen LogP contribution is 2.24. The lowest BCUT2D eigenvalue weighted by molar-refractivity contribution is 0.571. The van der Waals surface area contributed by atoms with Crippen LogP contribution >= 0.6 is 15.9 Å². The van der Waals surface area contributed by atoms with Gasteiger partial charge in [0.25, 0.3) is 0 Å². The lowest BCUT2D eigenvalue weighted by atomic mass is 10.0. The summed E-state index contributed by atoms with van der Waals surface area (Å²) in [6, 6.07) is 2.16. The predicted molar refractivity (Wildman–Crippen MR) is 57.9 cm³/mol. The van der Waals surface area contributed by atoms with E-state index in [0.29, 0.717) is 0 Å². The molecule has 0 amide bonds. The summed E-state index contributed by atoms with van der Waals surface area (Å²) in [5.74, 6) is 1.81. The first-order valence-corrected chi connectivity index (χ1v) is 5.43. The van der Waals surface area contributed by atoms with Gasteiger partial charge in [-0.1, -0.05) is 6.92 Å². The standard InChI is InChI=1S/C10H13BrN2/c1-7-2-3-8-4-9(11)6-13-10(8)12-5-7/h4,6-7H,2-3,5H2,1H3,(H,12,13)/t7-/m0/s1. The molecule has 0 radical (unpaired) electrons. The van der Waals surface area contributed by atoms with Crippen molar-refractivity contribution in [1.29, 1.82) is 0 Å². The molecule has 70 valence electrons. The van der Waals surface area contributed by atoms with Crippen molar-refractivity contribution in [2.75, 3.05) is 11.9 Å². The van der Waals surface area contributed by atoms with Crippen molar-refractivity contribution in [3.05, 3.63) is 22.3 Å². The van der Waals surface area contributed by atoms with Crippen LogP contribution < -0.4 is 5.32 Å². The first-order chi connectivity index (χ1) is 6.25. The molecule has 3 heteroatoms. The van der Waals surface area contributed by atoms with Crippen LogP contribution in [0.15, 0.2) is 16.7 Å². The van der Waals surface area contributed by atoms with Gasteiger partial charge in [0.05, 0.1) is 0 Å². The number of nitrogens with zero attached hydrogens (tertiary/aromatic N) is 1. The first kappa shape index (κ1) is 9.00. The molecule has 0 fully saturated rings. The van der Waals surface area contributed by atoms with Crippen molar-refractivity contribution < 1.29 is 0 Å². The molecule has 0 saturated carbocycles. The SMILES string of the molecule is C[C@H]1CCc2cc(Br)cnc2NC1. The molecule has 0 unspecified atom stereocenters. The number of pyridine rings is 1. The summed E-state index contributed by atoms with van der Waals surface area (Å²) in [5, 5.41) is 3.37. The van der Waals surface area contributed by atoms with E-state index in [-0.39, 0.29) is 0 Å². The highest BCUT2D eigenvalue weighted by molar-refractivity contribution is 9.10. The van der Waals surface area contributed by atoms with Crippen LogP contribution in [0.3, 0.4) is 0 Å². The molecule has 2 rings (SSSR count). The monoisotopic (exact) mass is 240 g/mol. The van der Waals surface area contributed by atoms with Gasteiger partial charge in [0.2, 0.25) is 0 Å². The van der Waals surface area contributed by atoms with Gasteiger partial charge in [-0.2, -0.15) is 0 Å². The highest BCUT2D eigenvalue weighted by Gasteiger charge is 2.12. The third-order valence-electron chi connectivity index (χ3n) is 2.46. The molecule has 0 saturated heterocycles. The van der Waals surface area contributed by atoms with Crippen molar-refractivity contribution in [2.45, 2.75) is 19.8 Å². The molecule has 1 N–H and O–H groups in total. The van der Waals surface area contributed by atoms with Gasteiger partial charge in [0, 0.05) is 17.2 Å². The number of hydrogen-bond acceptors (Lipinski definition) is 2. The third kappa shape index (κ3) is 2.02. The minimum atomic E-state index is 0.743. The second-order valence-corrected chi connectivity index (χ2v) is 4.60. The Kier molecular flexibility index (Phi) is 2.54. The van der Waals surface area contributed by atoms with Gasteiger partial charge in [-0.25, -0.2) is 4.98 Å². The number of fused-ring (bicyclic) bond motifs is 1. The van der Waals surface area contributed by atoms with Gasteiger partial charge in [0.15, 0.2) is 0 Å². The first-order valence-electron chi connectivity index (χ1n) is 4.64. The number of halogens is 1. The third-order valence-corrected chi connectivity index (χ3v) is 2.89.